The van der Waals surface area contributed by atoms with E-state index >= 15 is 0 Å². The predicted molar refractivity (Wildman–Crippen MR) is 86.8 cm³/mol. The van der Waals surface area contributed by atoms with Crippen molar-refractivity contribution in [3.05, 3.63) is 46.0 Å². The lowest BCUT2D eigenvalue weighted by molar-refractivity contribution is 0.0927. The zero-order valence-electron chi connectivity index (χ0n) is 12.3. The lowest BCUT2D eigenvalue weighted by atomic mass is 10.1. The van der Waals surface area contributed by atoms with Crippen molar-refractivity contribution in [1.82, 2.24) is 20.0 Å². The lowest BCUT2D eigenvalue weighted by Gasteiger charge is -2.23. The molecule has 0 aliphatic carbocycles. The second-order valence-corrected chi connectivity index (χ2v) is 5.41. The van der Waals surface area contributed by atoms with Gasteiger partial charge in [0.2, 0.25) is 0 Å². The molecule has 2 N–H and O–H groups in total. The molecule has 1 aliphatic rings. The summed E-state index contributed by atoms with van der Waals surface area (Å²) in [6.45, 7) is 3.71. The Morgan fingerprint density at radius 3 is 2.86 bits per heavy atom. The Labute approximate surface area is 134 Å². The van der Waals surface area contributed by atoms with E-state index in [9.17, 15) is 9.59 Å². The summed E-state index contributed by atoms with van der Waals surface area (Å²) in [4.78, 5) is 28.8. The van der Waals surface area contributed by atoms with Gasteiger partial charge in [0.25, 0.3) is 11.5 Å². The van der Waals surface area contributed by atoms with Crippen molar-refractivity contribution >= 4 is 24.0 Å². The normalized spacial score (nSPS) is 15.3. The molecule has 0 bridgehead atoms. The Morgan fingerprint density at radius 1 is 1.41 bits per heavy atom. The molecular weight excluding hydrogens is 304 g/mol. The largest absolute Gasteiger partial charge is 0.349 e. The fraction of sp³-hybridized carbons (Fsp3) is 0.400. The molecule has 2 aromatic rings. The van der Waals surface area contributed by atoms with Crippen molar-refractivity contribution in [2.24, 2.45) is 0 Å². The summed E-state index contributed by atoms with van der Waals surface area (Å²) < 4.78 is 1.41. The molecule has 1 aliphatic heterocycles. The van der Waals surface area contributed by atoms with Crippen molar-refractivity contribution in [1.29, 1.82) is 0 Å². The van der Waals surface area contributed by atoms with Crippen LogP contribution in [0.1, 0.15) is 28.8 Å². The van der Waals surface area contributed by atoms with Gasteiger partial charge in [-0.05, 0) is 50.6 Å². The Kier molecular flexibility index (Phi) is 5.15. The van der Waals surface area contributed by atoms with Gasteiger partial charge in [0, 0.05) is 18.4 Å². The number of nitrogens with one attached hydrogen (secondary N) is 2. The first-order valence-electron chi connectivity index (χ1n) is 7.15. The van der Waals surface area contributed by atoms with Crippen LogP contribution in [0.3, 0.4) is 0 Å². The number of amides is 1. The second kappa shape index (κ2) is 6.89. The zero-order chi connectivity index (χ0) is 14.8. The van der Waals surface area contributed by atoms with Gasteiger partial charge in [0.15, 0.2) is 0 Å². The van der Waals surface area contributed by atoms with Gasteiger partial charge in [0.05, 0.1) is 0 Å². The lowest BCUT2D eigenvalue weighted by Crippen LogP contribution is -2.44. The number of rotatable bonds is 2. The predicted octanol–water partition coefficient (Wildman–Crippen LogP) is 0.907. The summed E-state index contributed by atoms with van der Waals surface area (Å²) in [5, 5.41) is 6.16. The quantitative estimate of drug-likeness (QED) is 0.861. The maximum atomic E-state index is 12.4. The summed E-state index contributed by atoms with van der Waals surface area (Å²) >= 11 is 0. The molecule has 3 heterocycles. The van der Waals surface area contributed by atoms with Gasteiger partial charge in [-0.2, -0.15) is 0 Å². The fourth-order valence-corrected chi connectivity index (χ4v) is 2.56. The van der Waals surface area contributed by atoms with Gasteiger partial charge in [-0.15, -0.1) is 12.4 Å². The highest BCUT2D eigenvalue weighted by atomic mass is 35.5. The number of nitrogens with zero attached hydrogens (tertiary/aromatic N) is 2. The van der Waals surface area contributed by atoms with Crippen LogP contribution >= 0.6 is 12.4 Å². The second-order valence-electron chi connectivity index (χ2n) is 5.41. The minimum absolute atomic E-state index is 0. The Hall–Kier alpha value is -1.92. The highest BCUT2D eigenvalue weighted by Gasteiger charge is 2.19. The summed E-state index contributed by atoms with van der Waals surface area (Å²) in [5.74, 6) is -0.339. The number of piperidine rings is 1. The molecule has 0 atom stereocenters. The fourth-order valence-electron chi connectivity index (χ4n) is 2.56. The average molecular weight is 323 g/mol. The van der Waals surface area contributed by atoms with Crippen molar-refractivity contribution < 1.29 is 4.79 Å². The Morgan fingerprint density at radius 2 is 2.14 bits per heavy atom. The molecule has 6 nitrogen and oxygen atoms in total. The number of fused-ring (bicyclic) bond motifs is 1. The van der Waals surface area contributed by atoms with Crippen LogP contribution in [0.15, 0.2) is 29.3 Å². The molecule has 3 rings (SSSR count). The van der Waals surface area contributed by atoms with Crippen LogP contribution in [-0.2, 0) is 0 Å². The van der Waals surface area contributed by atoms with E-state index in [1.807, 2.05) is 19.1 Å². The van der Waals surface area contributed by atoms with Crippen LogP contribution < -0.4 is 16.2 Å². The van der Waals surface area contributed by atoms with Crippen molar-refractivity contribution in [2.75, 3.05) is 13.1 Å². The van der Waals surface area contributed by atoms with E-state index in [0.29, 0.717) is 5.65 Å². The highest BCUT2D eigenvalue weighted by molar-refractivity contribution is 5.93. The summed E-state index contributed by atoms with van der Waals surface area (Å²) in [6, 6.07) is 3.76. The van der Waals surface area contributed by atoms with E-state index in [0.717, 1.165) is 31.5 Å². The van der Waals surface area contributed by atoms with E-state index in [1.165, 1.54) is 10.6 Å². The van der Waals surface area contributed by atoms with Crippen LogP contribution in [-0.4, -0.2) is 34.4 Å². The summed E-state index contributed by atoms with van der Waals surface area (Å²) in [6.07, 6.45) is 4.79. The van der Waals surface area contributed by atoms with Gasteiger partial charge in [0.1, 0.15) is 11.2 Å². The van der Waals surface area contributed by atoms with E-state index in [1.54, 1.807) is 6.20 Å². The first-order valence-corrected chi connectivity index (χ1v) is 7.15. The van der Waals surface area contributed by atoms with Crippen molar-refractivity contribution in [3.63, 3.8) is 0 Å². The van der Waals surface area contributed by atoms with E-state index in [2.05, 4.69) is 15.6 Å². The minimum atomic E-state index is -0.339. The van der Waals surface area contributed by atoms with Gasteiger partial charge in [-0.1, -0.05) is 0 Å². The molecule has 22 heavy (non-hydrogen) atoms. The molecule has 0 spiro atoms. The summed E-state index contributed by atoms with van der Waals surface area (Å²) in [5.41, 5.74) is 1.34. The summed E-state index contributed by atoms with van der Waals surface area (Å²) in [7, 11) is 0. The molecule has 0 saturated carbocycles. The standard InChI is InChI=1S/C15H18N4O2.ClH/c1-10-4-7-19-13(8-10)17-9-12(15(19)21)14(20)18-11-2-5-16-6-3-11;/h4,7-9,11,16H,2-3,5-6H2,1H3,(H,18,20);1H. The highest BCUT2D eigenvalue weighted by Crippen LogP contribution is 2.05. The van der Waals surface area contributed by atoms with Crippen LogP contribution in [0.4, 0.5) is 0 Å². The number of pyridine rings is 1. The van der Waals surface area contributed by atoms with Gasteiger partial charge < -0.3 is 10.6 Å². The number of hydrogen-bond acceptors (Lipinski definition) is 4. The van der Waals surface area contributed by atoms with Crippen LogP contribution in [0.5, 0.6) is 0 Å². The molecule has 1 fully saturated rings. The number of halogens is 1. The maximum Gasteiger partial charge on any atom is 0.270 e. The van der Waals surface area contributed by atoms with Crippen LogP contribution in [0, 0.1) is 6.92 Å². The molecule has 0 unspecified atom stereocenters. The zero-order valence-corrected chi connectivity index (χ0v) is 13.2. The van der Waals surface area contributed by atoms with Gasteiger partial charge in [-0.25, -0.2) is 4.98 Å². The molecular formula is C15H19ClN4O2. The van der Waals surface area contributed by atoms with E-state index in [-0.39, 0.29) is 35.5 Å². The third-order valence-electron chi connectivity index (χ3n) is 3.78. The molecule has 2 aromatic heterocycles. The molecule has 1 amide bonds. The molecule has 1 saturated heterocycles. The van der Waals surface area contributed by atoms with E-state index in [4.69, 9.17) is 0 Å². The average Bonchev–Trinajstić information content (AvgIpc) is 2.48. The molecule has 118 valence electrons. The van der Waals surface area contributed by atoms with Crippen molar-refractivity contribution in [2.45, 2.75) is 25.8 Å². The SMILES string of the molecule is Cc1ccn2c(=O)c(C(=O)NC3CCNCC3)cnc2c1.Cl. The van der Waals surface area contributed by atoms with Gasteiger partial charge >= 0.3 is 0 Å². The molecule has 0 radical (unpaired) electrons. The number of aryl methyl sites for hydroxylation is 1. The van der Waals surface area contributed by atoms with Crippen LogP contribution in [0.25, 0.3) is 5.65 Å². The van der Waals surface area contributed by atoms with Gasteiger partial charge in [-0.3, -0.25) is 14.0 Å². The third-order valence-corrected chi connectivity index (χ3v) is 3.78. The monoisotopic (exact) mass is 322 g/mol. The third kappa shape index (κ3) is 3.28. The first-order chi connectivity index (χ1) is 10.1. The Balaban J connectivity index is 0.00000176. The topological polar surface area (TPSA) is 75.5 Å². The molecule has 7 heteroatoms. The minimum Gasteiger partial charge on any atom is -0.349 e. The number of hydrogen-bond donors (Lipinski definition) is 2. The van der Waals surface area contributed by atoms with Crippen molar-refractivity contribution in [3.8, 4) is 0 Å². The first kappa shape index (κ1) is 16.5. The number of carbonyl (C=O) groups excluding carboxylic acids is 1. The van der Waals surface area contributed by atoms with E-state index < -0.39 is 0 Å². The Bertz CT molecular complexity index is 738. The van der Waals surface area contributed by atoms with Crippen LogP contribution in [0.2, 0.25) is 0 Å². The molecule has 0 aromatic carbocycles. The maximum absolute atomic E-state index is 12.4. The number of aromatic nitrogens is 2. The number of carbonyl (C=O) groups is 1. The smallest absolute Gasteiger partial charge is 0.270 e.